The van der Waals surface area contributed by atoms with Crippen LogP contribution in [0.15, 0.2) is 59.5 Å². The molecule has 0 spiro atoms. The smallest absolute Gasteiger partial charge is 0.280 e. The van der Waals surface area contributed by atoms with E-state index < -0.39 is 15.9 Å². The van der Waals surface area contributed by atoms with Gasteiger partial charge >= 0.3 is 0 Å². The van der Waals surface area contributed by atoms with E-state index in [1.165, 1.54) is 12.1 Å². The highest BCUT2D eigenvalue weighted by Gasteiger charge is 2.22. The highest BCUT2D eigenvalue weighted by atomic mass is 32.2. The first kappa shape index (κ1) is 16.7. The highest BCUT2D eigenvalue weighted by Crippen LogP contribution is 2.18. The molecule has 0 saturated heterocycles. The summed E-state index contributed by atoms with van der Waals surface area (Å²) in [5, 5.41) is 12.3. The molecule has 2 aromatic carbocycles. The van der Waals surface area contributed by atoms with Crippen LogP contribution < -0.4 is 10.0 Å². The molecule has 0 unspecified atom stereocenters. The van der Waals surface area contributed by atoms with Crippen molar-refractivity contribution in [2.75, 3.05) is 10.0 Å². The van der Waals surface area contributed by atoms with Gasteiger partial charge in [0.2, 0.25) is 0 Å². The molecular formula is C16H15N5O3S. The minimum atomic E-state index is -3.88. The van der Waals surface area contributed by atoms with Crippen molar-refractivity contribution in [2.24, 2.45) is 0 Å². The number of hydrogen-bond donors (Lipinski definition) is 3. The third-order valence-electron chi connectivity index (χ3n) is 3.36. The van der Waals surface area contributed by atoms with Gasteiger partial charge in [-0.15, -0.1) is 10.2 Å². The van der Waals surface area contributed by atoms with Crippen LogP contribution in [0.5, 0.6) is 0 Å². The number of nitrogens with one attached hydrogen (secondary N) is 3. The molecule has 0 bridgehead atoms. The minimum Gasteiger partial charge on any atom is -0.320 e. The van der Waals surface area contributed by atoms with E-state index in [4.69, 9.17) is 0 Å². The monoisotopic (exact) mass is 357 g/mol. The van der Waals surface area contributed by atoms with E-state index in [0.717, 1.165) is 5.56 Å². The molecule has 3 aromatic rings. The first-order chi connectivity index (χ1) is 12.0. The summed E-state index contributed by atoms with van der Waals surface area (Å²) in [7, 11) is -3.88. The summed E-state index contributed by atoms with van der Waals surface area (Å²) >= 11 is 0. The van der Waals surface area contributed by atoms with Crippen LogP contribution in [0.3, 0.4) is 0 Å². The predicted molar refractivity (Wildman–Crippen MR) is 92.8 cm³/mol. The molecule has 0 aliphatic heterocycles. The van der Waals surface area contributed by atoms with Crippen LogP contribution in [0.1, 0.15) is 16.1 Å². The van der Waals surface area contributed by atoms with E-state index >= 15 is 0 Å². The van der Waals surface area contributed by atoms with Gasteiger partial charge in [-0.05, 0) is 31.2 Å². The fourth-order valence-corrected chi connectivity index (χ4v) is 3.08. The van der Waals surface area contributed by atoms with Crippen molar-refractivity contribution in [2.45, 2.75) is 11.8 Å². The molecule has 0 fully saturated rings. The number of aromatic nitrogens is 3. The van der Waals surface area contributed by atoms with Crippen molar-refractivity contribution in [1.29, 1.82) is 0 Å². The summed E-state index contributed by atoms with van der Waals surface area (Å²) in [6, 6.07) is 15.1. The van der Waals surface area contributed by atoms with Gasteiger partial charge in [-0.3, -0.25) is 9.52 Å². The third kappa shape index (κ3) is 3.83. The Morgan fingerprint density at radius 3 is 2.36 bits per heavy atom. The van der Waals surface area contributed by atoms with E-state index in [2.05, 4.69) is 25.4 Å². The Balaban J connectivity index is 1.82. The van der Waals surface area contributed by atoms with E-state index in [-0.39, 0.29) is 16.4 Å². The number of nitrogens with zero attached hydrogens (tertiary/aromatic N) is 2. The lowest BCUT2D eigenvalue weighted by Crippen LogP contribution is -2.18. The van der Waals surface area contributed by atoms with Crippen LogP contribution in [0.4, 0.5) is 11.5 Å². The largest absolute Gasteiger partial charge is 0.320 e. The number of carbonyl (C=O) groups is 1. The van der Waals surface area contributed by atoms with Gasteiger partial charge in [-0.25, -0.2) is 8.42 Å². The van der Waals surface area contributed by atoms with Crippen molar-refractivity contribution >= 4 is 27.4 Å². The van der Waals surface area contributed by atoms with Gasteiger partial charge in [0.25, 0.3) is 15.9 Å². The van der Waals surface area contributed by atoms with Crippen LogP contribution in [0, 0.1) is 6.92 Å². The lowest BCUT2D eigenvalue weighted by molar-refractivity contribution is 0.102. The molecule has 0 aliphatic carbocycles. The molecule has 0 saturated carbocycles. The second-order valence-corrected chi connectivity index (χ2v) is 6.94. The number of H-pyrrole nitrogens is 1. The Labute approximate surface area is 144 Å². The zero-order valence-corrected chi connectivity index (χ0v) is 14.0. The third-order valence-corrected chi connectivity index (χ3v) is 4.71. The first-order valence-electron chi connectivity index (χ1n) is 7.32. The standard InChI is InChI=1S/C16H15N5O3S/c1-11-7-9-13(10-8-11)25(23,24)20-15-14(18-21-19-15)16(22)17-12-5-3-2-4-6-12/h2-10H,1H3,(H,17,22)(H2,18,19,20,21). The van der Waals surface area contributed by atoms with Crippen molar-refractivity contribution in [3.05, 3.63) is 65.9 Å². The molecule has 1 aromatic heterocycles. The Morgan fingerprint density at radius 2 is 1.68 bits per heavy atom. The maximum absolute atomic E-state index is 12.4. The molecule has 128 valence electrons. The molecular weight excluding hydrogens is 342 g/mol. The average molecular weight is 357 g/mol. The Bertz CT molecular complexity index is 982. The van der Waals surface area contributed by atoms with Crippen molar-refractivity contribution < 1.29 is 13.2 Å². The number of sulfonamides is 1. The summed E-state index contributed by atoms with van der Waals surface area (Å²) in [6.45, 7) is 1.85. The number of carbonyl (C=O) groups excluding carboxylic acids is 1. The number of amides is 1. The van der Waals surface area contributed by atoms with E-state index in [0.29, 0.717) is 5.69 Å². The van der Waals surface area contributed by atoms with Crippen LogP contribution in [0.2, 0.25) is 0 Å². The van der Waals surface area contributed by atoms with E-state index in [1.807, 2.05) is 13.0 Å². The van der Waals surface area contributed by atoms with Gasteiger partial charge in [0, 0.05) is 5.69 Å². The summed E-state index contributed by atoms with van der Waals surface area (Å²) in [6.07, 6.45) is 0. The number of rotatable bonds is 5. The number of benzene rings is 2. The Morgan fingerprint density at radius 1 is 1.00 bits per heavy atom. The van der Waals surface area contributed by atoms with Crippen LogP contribution in [-0.2, 0) is 10.0 Å². The SMILES string of the molecule is Cc1ccc(S(=O)(=O)Nc2n[nH]nc2C(=O)Nc2ccccc2)cc1. The number of aromatic amines is 1. The molecule has 25 heavy (non-hydrogen) atoms. The number of hydrogen-bond acceptors (Lipinski definition) is 5. The van der Waals surface area contributed by atoms with Crippen LogP contribution in [0.25, 0.3) is 0 Å². The summed E-state index contributed by atoms with van der Waals surface area (Å²) in [4.78, 5) is 12.4. The van der Waals surface area contributed by atoms with Gasteiger partial charge in [0.05, 0.1) is 4.90 Å². The van der Waals surface area contributed by atoms with E-state index in [9.17, 15) is 13.2 Å². The van der Waals surface area contributed by atoms with Crippen molar-refractivity contribution in [1.82, 2.24) is 15.4 Å². The zero-order valence-electron chi connectivity index (χ0n) is 13.2. The van der Waals surface area contributed by atoms with Gasteiger partial charge in [-0.1, -0.05) is 35.9 Å². The molecule has 0 atom stereocenters. The van der Waals surface area contributed by atoms with Gasteiger partial charge in [0.15, 0.2) is 11.5 Å². The second kappa shape index (κ2) is 6.73. The number of anilines is 2. The second-order valence-electron chi connectivity index (χ2n) is 5.26. The normalized spacial score (nSPS) is 11.1. The fraction of sp³-hybridized carbons (Fsp3) is 0.0625. The Kier molecular flexibility index (Phi) is 4.48. The molecule has 3 rings (SSSR count). The first-order valence-corrected chi connectivity index (χ1v) is 8.81. The van der Waals surface area contributed by atoms with E-state index in [1.54, 1.807) is 36.4 Å². The van der Waals surface area contributed by atoms with Gasteiger partial charge in [-0.2, -0.15) is 5.21 Å². The summed E-state index contributed by atoms with van der Waals surface area (Å²) in [5.74, 6) is -0.754. The van der Waals surface area contributed by atoms with Crippen LogP contribution >= 0.6 is 0 Å². The summed E-state index contributed by atoms with van der Waals surface area (Å²) < 4.78 is 27.1. The van der Waals surface area contributed by atoms with Crippen LogP contribution in [-0.4, -0.2) is 29.7 Å². The lowest BCUT2D eigenvalue weighted by atomic mass is 10.2. The van der Waals surface area contributed by atoms with Gasteiger partial charge < -0.3 is 5.32 Å². The van der Waals surface area contributed by atoms with Gasteiger partial charge in [0.1, 0.15) is 0 Å². The molecule has 0 aliphatic rings. The maximum Gasteiger partial charge on any atom is 0.280 e. The number of aryl methyl sites for hydroxylation is 1. The number of para-hydroxylation sites is 1. The fourth-order valence-electron chi connectivity index (χ4n) is 2.08. The average Bonchev–Trinajstić information content (AvgIpc) is 3.03. The summed E-state index contributed by atoms with van der Waals surface area (Å²) in [5.41, 5.74) is 1.34. The van der Waals surface area contributed by atoms with Crippen molar-refractivity contribution in [3.63, 3.8) is 0 Å². The lowest BCUT2D eigenvalue weighted by Gasteiger charge is -2.07. The Hall–Kier alpha value is -3.20. The van der Waals surface area contributed by atoms with Crippen molar-refractivity contribution in [3.8, 4) is 0 Å². The molecule has 8 nitrogen and oxygen atoms in total. The highest BCUT2D eigenvalue weighted by molar-refractivity contribution is 7.92. The molecule has 0 radical (unpaired) electrons. The molecule has 1 heterocycles. The minimum absolute atomic E-state index is 0.0653. The molecule has 9 heteroatoms. The quantitative estimate of drug-likeness (QED) is 0.647. The predicted octanol–water partition coefficient (Wildman–Crippen LogP) is 2.17. The topological polar surface area (TPSA) is 117 Å². The molecule has 3 N–H and O–H groups in total. The molecule has 1 amide bonds. The maximum atomic E-state index is 12.4. The zero-order chi connectivity index (χ0) is 17.9.